The Morgan fingerprint density at radius 2 is 1.61 bits per heavy atom. The van der Waals surface area contributed by atoms with Crippen LogP contribution in [0, 0.1) is 11.8 Å². The van der Waals surface area contributed by atoms with E-state index in [2.05, 4.69) is 21.2 Å². The lowest BCUT2D eigenvalue weighted by atomic mass is 9.93. The van der Waals surface area contributed by atoms with E-state index >= 15 is 0 Å². The van der Waals surface area contributed by atoms with Gasteiger partial charge in [-0.3, -0.25) is 9.10 Å². The Labute approximate surface area is 176 Å². The van der Waals surface area contributed by atoms with Gasteiger partial charge in [0.05, 0.1) is 10.6 Å². The van der Waals surface area contributed by atoms with Gasteiger partial charge in [0.25, 0.3) is 10.0 Å². The average Bonchev–Trinajstić information content (AvgIpc) is 2.64. The zero-order chi connectivity index (χ0) is 20.9. The van der Waals surface area contributed by atoms with Gasteiger partial charge >= 0.3 is 0 Å². The molecule has 0 atom stereocenters. The van der Waals surface area contributed by atoms with Gasteiger partial charge in [-0.05, 0) is 42.2 Å². The number of anilines is 1. The number of amides is 1. The van der Waals surface area contributed by atoms with E-state index in [9.17, 15) is 13.2 Å². The molecule has 0 saturated carbocycles. The van der Waals surface area contributed by atoms with E-state index in [1.807, 2.05) is 33.8 Å². The van der Waals surface area contributed by atoms with Crippen LogP contribution in [0.15, 0.2) is 64.0 Å². The highest BCUT2D eigenvalue weighted by atomic mass is 79.9. The molecule has 0 unspecified atom stereocenters. The zero-order valence-electron chi connectivity index (χ0n) is 16.6. The molecule has 1 N–H and O–H groups in total. The molecule has 0 aliphatic carbocycles. The van der Waals surface area contributed by atoms with E-state index in [4.69, 9.17) is 0 Å². The van der Waals surface area contributed by atoms with Crippen LogP contribution in [-0.2, 0) is 14.8 Å². The number of nitrogens with zero attached hydrogens (tertiary/aromatic N) is 1. The lowest BCUT2D eigenvalue weighted by molar-refractivity contribution is -0.121. The third-order valence-electron chi connectivity index (χ3n) is 4.48. The topological polar surface area (TPSA) is 66.5 Å². The molecule has 5 nitrogen and oxygen atoms in total. The van der Waals surface area contributed by atoms with Crippen molar-refractivity contribution < 1.29 is 13.2 Å². The Morgan fingerprint density at radius 3 is 2.14 bits per heavy atom. The number of nitrogens with one attached hydrogen (secondary N) is 1. The molecule has 28 heavy (non-hydrogen) atoms. The fraction of sp³-hybridized carbons (Fsp3) is 0.381. The van der Waals surface area contributed by atoms with Gasteiger partial charge in [-0.2, -0.15) is 0 Å². The summed E-state index contributed by atoms with van der Waals surface area (Å²) in [5.74, 6) is 0.162. The second kappa shape index (κ2) is 9.56. The van der Waals surface area contributed by atoms with Crippen molar-refractivity contribution in [2.75, 3.05) is 10.8 Å². The summed E-state index contributed by atoms with van der Waals surface area (Å²) >= 11 is 3.38. The molecule has 0 fully saturated rings. The van der Waals surface area contributed by atoms with Gasteiger partial charge < -0.3 is 5.32 Å². The molecule has 0 bridgehead atoms. The molecular formula is C21H27BrN2O3S. The van der Waals surface area contributed by atoms with Crippen LogP contribution < -0.4 is 9.62 Å². The van der Waals surface area contributed by atoms with E-state index in [1.54, 1.807) is 36.4 Å². The summed E-state index contributed by atoms with van der Waals surface area (Å²) in [4.78, 5) is 12.9. The van der Waals surface area contributed by atoms with Crippen LogP contribution in [0.4, 0.5) is 5.69 Å². The van der Waals surface area contributed by atoms with Crippen molar-refractivity contribution in [1.29, 1.82) is 0 Å². The Bertz CT molecular complexity index is 891. The minimum Gasteiger partial charge on any atom is -0.351 e. The number of carbonyl (C=O) groups excluding carboxylic acids is 1. The highest BCUT2D eigenvalue weighted by molar-refractivity contribution is 9.10. The molecule has 1 amide bonds. The highest BCUT2D eigenvalue weighted by Gasteiger charge is 2.28. The van der Waals surface area contributed by atoms with Crippen LogP contribution in [0.3, 0.4) is 0 Å². The number of hydrogen-bond acceptors (Lipinski definition) is 3. The van der Waals surface area contributed by atoms with Gasteiger partial charge in [0.2, 0.25) is 5.91 Å². The Morgan fingerprint density at radius 1 is 1.00 bits per heavy atom. The SMILES string of the molecule is CC(C)C(NC(=O)CN(c1cccc(Br)c1)S(=O)(=O)c1ccccc1)C(C)C. The third kappa shape index (κ3) is 5.58. The average molecular weight is 467 g/mol. The van der Waals surface area contributed by atoms with Crippen molar-refractivity contribution in [3.05, 3.63) is 59.1 Å². The molecule has 0 saturated heterocycles. The van der Waals surface area contributed by atoms with E-state index in [1.165, 1.54) is 12.1 Å². The number of hydrogen-bond donors (Lipinski definition) is 1. The molecule has 0 aromatic heterocycles. The first-order valence-electron chi connectivity index (χ1n) is 9.25. The van der Waals surface area contributed by atoms with Crippen LogP contribution >= 0.6 is 15.9 Å². The van der Waals surface area contributed by atoms with E-state index in [-0.39, 0.29) is 35.2 Å². The summed E-state index contributed by atoms with van der Waals surface area (Å²) < 4.78 is 28.4. The normalized spacial score (nSPS) is 11.9. The summed E-state index contributed by atoms with van der Waals surface area (Å²) in [6.07, 6.45) is 0. The molecule has 2 rings (SSSR count). The van der Waals surface area contributed by atoms with Gasteiger partial charge in [-0.15, -0.1) is 0 Å². The number of halogens is 1. The van der Waals surface area contributed by atoms with Gasteiger partial charge in [-0.1, -0.05) is 67.9 Å². The van der Waals surface area contributed by atoms with Crippen LogP contribution in [-0.4, -0.2) is 26.9 Å². The minimum absolute atomic E-state index is 0.0312. The summed E-state index contributed by atoms with van der Waals surface area (Å²) in [5.41, 5.74) is 0.430. The number of carbonyl (C=O) groups is 1. The van der Waals surface area contributed by atoms with Gasteiger partial charge in [0, 0.05) is 10.5 Å². The Kier molecular flexibility index (Phi) is 7.66. The zero-order valence-corrected chi connectivity index (χ0v) is 19.0. The molecule has 2 aromatic carbocycles. The molecule has 0 aliphatic rings. The first-order valence-corrected chi connectivity index (χ1v) is 11.5. The fourth-order valence-corrected chi connectivity index (χ4v) is 4.95. The van der Waals surface area contributed by atoms with Gasteiger partial charge in [-0.25, -0.2) is 8.42 Å². The van der Waals surface area contributed by atoms with E-state index < -0.39 is 10.0 Å². The van der Waals surface area contributed by atoms with Crippen molar-refractivity contribution in [3.8, 4) is 0 Å². The molecule has 7 heteroatoms. The maximum absolute atomic E-state index is 13.3. The third-order valence-corrected chi connectivity index (χ3v) is 6.76. The number of benzene rings is 2. The summed E-state index contributed by atoms with van der Waals surface area (Å²) in [5, 5.41) is 3.00. The lowest BCUT2D eigenvalue weighted by Crippen LogP contribution is -2.47. The molecular weight excluding hydrogens is 440 g/mol. The molecule has 0 aliphatic heterocycles. The summed E-state index contributed by atoms with van der Waals surface area (Å²) in [7, 11) is -3.89. The standard InChI is InChI=1S/C21H27BrN2O3S/c1-15(2)21(16(3)4)23-20(25)14-24(18-10-8-9-17(22)13-18)28(26,27)19-11-6-5-7-12-19/h5-13,15-16,21H,14H2,1-4H3,(H,23,25). The summed E-state index contributed by atoms with van der Waals surface area (Å²) in [6.45, 7) is 7.87. The quantitative estimate of drug-likeness (QED) is 0.624. The smallest absolute Gasteiger partial charge is 0.264 e. The first kappa shape index (κ1) is 22.4. The van der Waals surface area contributed by atoms with Crippen molar-refractivity contribution in [2.24, 2.45) is 11.8 Å². The van der Waals surface area contributed by atoms with Gasteiger partial charge in [0.1, 0.15) is 6.54 Å². The van der Waals surface area contributed by atoms with E-state index in [0.29, 0.717) is 5.69 Å². The second-order valence-electron chi connectivity index (χ2n) is 7.39. The maximum Gasteiger partial charge on any atom is 0.264 e. The van der Waals surface area contributed by atoms with E-state index in [0.717, 1.165) is 8.78 Å². The molecule has 0 heterocycles. The van der Waals surface area contributed by atoms with Crippen molar-refractivity contribution >= 4 is 37.5 Å². The van der Waals surface area contributed by atoms with Crippen LogP contribution in [0.1, 0.15) is 27.7 Å². The van der Waals surface area contributed by atoms with Crippen molar-refractivity contribution in [3.63, 3.8) is 0 Å². The lowest BCUT2D eigenvalue weighted by Gasteiger charge is -2.29. The number of rotatable bonds is 8. The molecule has 0 radical (unpaired) electrons. The minimum atomic E-state index is -3.89. The van der Waals surface area contributed by atoms with Crippen molar-refractivity contribution in [2.45, 2.75) is 38.6 Å². The number of sulfonamides is 1. The monoisotopic (exact) mass is 466 g/mol. The largest absolute Gasteiger partial charge is 0.351 e. The molecule has 0 spiro atoms. The molecule has 152 valence electrons. The predicted octanol–water partition coefficient (Wildman–Crippen LogP) is 4.44. The Hall–Kier alpha value is -1.86. The highest BCUT2D eigenvalue weighted by Crippen LogP contribution is 2.26. The van der Waals surface area contributed by atoms with Crippen LogP contribution in [0.25, 0.3) is 0 Å². The van der Waals surface area contributed by atoms with Crippen LogP contribution in [0.2, 0.25) is 0 Å². The van der Waals surface area contributed by atoms with Gasteiger partial charge in [0.15, 0.2) is 0 Å². The van der Waals surface area contributed by atoms with Crippen LogP contribution in [0.5, 0.6) is 0 Å². The summed E-state index contributed by atoms with van der Waals surface area (Å²) in [6, 6.07) is 15.0. The molecule has 2 aromatic rings. The fourth-order valence-electron chi connectivity index (χ4n) is 3.13. The second-order valence-corrected chi connectivity index (χ2v) is 10.2. The first-order chi connectivity index (χ1) is 13.1. The Balaban J connectivity index is 2.39. The van der Waals surface area contributed by atoms with Crippen molar-refractivity contribution in [1.82, 2.24) is 5.32 Å². The maximum atomic E-state index is 13.3. The predicted molar refractivity (Wildman–Crippen MR) is 117 cm³/mol.